The predicted octanol–water partition coefficient (Wildman–Crippen LogP) is 2.23. The fourth-order valence-corrected chi connectivity index (χ4v) is 1.16. The maximum Gasteiger partial charge on any atom is 2.00 e. The van der Waals surface area contributed by atoms with E-state index in [0.717, 1.165) is 12.8 Å². The van der Waals surface area contributed by atoms with Crippen LogP contribution in [-0.2, 0) is 36.2 Å². The van der Waals surface area contributed by atoms with Gasteiger partial charge in [-0.25, -0.2) is 0 Å². The van der Waals surface area contributed by atoms with Crippen molar-refractivity contribution in [2.45, 2.75) is 0 Å². The minimum Gasteiger partial charge on any atom is -0.333 e. The van der Waals surface area contributed by atoms with E-state index in [4.69, 9.17) is 0 Å². The second-order valence-electron chi connectivity index (χ2n) is 2.69. The summed E-state index contributed by atoms with van der Waals surface area (Å²) >= 11 is 11.7. The molecule has 0 aliphatic carbocycles. The van der Waals surface area contributed by atoms with Crippen molar-refractivity contribution in [1.82, 2.24) is 0 Å². The van der Waals surface area contributed by atoms with E-state index >= 15 is 0 Å². The molecule has 4 nitrogen and oxygen atoms in total. The zero-order chi connectivity index (χ0) is 14.6. The molecule has 0 aliphatic heterocycles. The van der Waals surface area contributed by atoms with E-state index in [0.29, 0.717) is 0 Å². The molecule has 9 heteroatoms. The Kier molecular flexibility index (Phi) is 22.1. The van der Waals surface area contributed by atoms with Crippen molar-refractivity contribution in [3.8, 4) is 0 Å². The molecule has 0 aliphatic rings. The van der Waals surface area contributed by atoms with Gasteiger partial charge >= 0.3 is 17.1 Å². The maximum atomic E-state index is 10.4. The van der Waals surface area contributed by atoms with Gasteiger partial charge in [-0.3, -0.25) is 12.8 Å². The molecular formula is C10H10Br4CuO4. The fourth-order valence-electron chi connectivity index (χ4n) is 0.513. The van der Waals surface area contributed by atoms with Crippen LogP contribution >= 0.6 is 63.7 Å². The van der Waals surface area contributed by atoms with Crippen LogP contribution in [0.2, 0.25) is 0 Å². The number of Topliss-reactive ketones (excluding diaryl/α,β-unsaturated/α-hetero) is 4. The minimum absolute atomic E-state index is 0. The van der Waals surface area contributed by atoms with Crippen molar-refractivity contribution >= 4 is 86.9 Å². The van der Waals surface area contributed by atoms with Crippen molar-refractivity contribution in [1.29, 1.82) is 0 Å². The topological polar surface area (TPSA) is 68.3 Å². The summed E-state index contributed by atoms with van der Waals surface area (Å²) in [6.45, 7) is 0. The quantitative estimate of drug-likeness (QED) is 0.192. The molecule has 113 valence electrons. The smallest absolute Gasteiger partial charge is 0.333 e. The van der Waals surface area contributed by atoms with Gasteiger partial charge in [-0.05, 0) is 0 Å². The molecule has 0 spiro atoms. The first kappa shape index (κ1) is 24.9. The van der Waals surface area contributed by atoms with Crippen molar-refractivity contribution < 1.29 is 36.2 Å². The number of carbonyl (C=O) groups is 4. The Morgan fingerprint density at radius 3 is 0.842 bits per heavy atom. The molecule has 0 heterocycles. The zero-order valence-corrected chi connectivity index (χ0v) is 16.7. The zero-order valence-electron chi connectivity index (χ0n) is 9.43. The van der Waals surface area contributed by atoms with Crippen LogP contribution in [0.25, 0.3) is 0 Å². The van der Waals surface area contributed by atoms with Gasteiger partial charge in [-0.15, -0.1) is 0 Å². The molecule has 0 unspecified atom stereocenters. The summed E-state index contributed by atoms with van der Waals surface area (Å²) in [5, 5.41) is 0.856. The van der Waals surface area contributed by atoms with Gasteiger partial charge in [-0.1, -0.05) is 63.7 Å². The number of hydrogen-bond donors (Lipinski definition) is 0. The summed E-state index contributed by atoms with van der Waals surface area (Å²) in [5.41, 5.74) is 0. The molecule has 19 heavy (non-hydrogen) atoms. The van der Waals surface area contributed by atoms with Gasteiger partial charge < -0.3 is 19.2 Å². The van der Waals surface area contributed by atoms with Gasteiger partial charge in [0.1, 0.15) is 0 Å². The number of rotatable bonds is 8. The van der Waals surface area contributed by atoms with Gasteiger partial charge in [0.2, 0.25) is 0 Å². The monoisotopic (exact) mass is 573 g/mol. The Bertz CT molecular complexity index is 252. The fraction of sp³-hybridized carbons (Fsp3) is 0.400. The normalized spacial score (nSPS) is 8.21. The summed E-state index contributed by atoms with van der Waals surface area (Å²) in [7, 11) is 0. The number of alkyl halides is 4. The molecular weight excluding hydrogens is 567 g/mol. The first-order chi connectivity index (χ1) is 8.40. The molecule has 0 N–H and O–H groups in total. The Labute approximate surface area is 156 Å². The molecule has 0 amide bonds. The van der Waals surface area contributed by atoms with Crippen LogP contribution < -0.4 is 0 Å². The molecule has 0 rings (SSSR count). The van der Waals surface area contributed by atoms with Crippen LogP contribution in [-0.4, -0.2) is 44.5 Å². The molecule has 0 saturated carbocycles. The first-order valence-corrected chi connectivity index (χ1v) is 8.94. The van der Waals surface area contributed by atoms with Gasteiger partial charge in [0.15, 0.2) is 0 Å². The second-order valence-corrected chi connectivity index (χ2v) is 4.93. The van der Waals surface area contributed by atoms with Crippen LogP contribution in [0.3, 0.4) is 0 Å². The summed E-state index contributed by atoms with van der Waals surface area (Å²) in [6.07, 6.45) is 2.15. The summed E-state index contributed by atoms with van der Waals surface area (Å²) < 4.78 is 0. The Balaban J connectivity index is -0.000000256. The molecule has 0 fully saturated rings. The molecule has 0 aromatic rings. The molecule has 1 radical (unpaired) electrons. The third kappa shape index (κ3) is 18.9. The van der Waals surface area contributed by atoms with E-state index < -0.39 is 0 Å². The SMILES string of the molecule is O=C([CH-]C(=O)CBr)CBr.O=C([CH-]C(=O)CBr)CBr.[Cu+2]. The third-order valence-electron chi connectivity index (χ3n) is 1.17. The predicted molar refractivity (Wildman–Crippen MR) is 83.8 cm³/mol. The van der Waals surface area contributed by atoms with E-state index in [1.807, 2.05) is 0 Å². The van der Waals surface area contributed by atoms with E-state index in [-0.39, 0.29) is 61.5 Å². The summed E-state index contributed by atoms with van der Waals surface area (Å²) in [4.78, 5) is 41.7. The Morgan fingerprint density at radius 1 is 0.579 bits per heavy atom. The first-order valence-electron chi connectivity index (χ1n) is 4.45. The van der Waals surface area contributed by atoms with Crippen LogP contribution in [0.1, 0.15) is 0 Å². The van der Waals surface area contributed by atoms with Gasteiger partial charge in [-0.2, -0.15) is 0 Å². The van der Waals surface area contributed by atoms with Crippen LogP contribution in [0.4, 0.5) is 0 Å². The Hall–Kier alpha value is 0.859. The molecule has 0 saturated heterocycles. The van der Waals surface area contributed by atoms with E-state index in [1.54, 1.807) is 0 Å². The van der Waals surface area contributed by atoms with Crippen LogP contribution in [0.5, 0.6) is 0 Å². The van der Waals surface area contributed by atoms with E-state index in [2.05, 4.69) is 63.7 Å². The minimum atomic E-state index is -0.195. The number of carbonyl (C=O) groups excluding carboxylic acids is 4. The number of halogens is 4. The van der Waals surface area contributed by atoms with E-state index in [9.17, 15) is 19.2 Å². The average Bonchev–Trinajstić information content (AvgIpc) is 2.38. The number of hydrogen-bond acceptors (Lipinski definition) is 4. The number of ketones is 4. The van der Waals surface area contributed by atoms with Gasteiger partial charge in [0, 0.05) is 44.5 Å². The van der Waals surface area contributed by atoms with Crippen LogP contribution in [0, 0.1) is 12.8 Å². The van der Waals surface area contributed by atoms with Crippen molar-refractivity contribution in [3.63, 3.8) is 0 Å². The van der Waals surface area contributed by atoms with E-state index in [1.165, 1.54) is 0 Å². The average molecular weight is 577 g/mol. The van der Waals surface area contributed by atoms with Crippen molar-refractivity contribution in [3.05, 3.63) is 12.8 Å². The summed E-state index contributed by atoms with van der Waals surface area (Å²) in [6, 6.07) is 0. The molecule has 0 atom stereocenters. The second kappa shape index (κ2) is 16.9. The standard InChI is InChI=1S/2C5H5Br2O2.Cu/c2*6-2-4(8)1-5(9)3-7;/h2*1H,2-3H2;/q2*-1;+2. The largest absolute Gasteiger partial charge is 2.00 e. The van der Waals surface area contributed by atoms with Crippen LogP contribution in [0.15, 0.2) is 0 Å². The Morgan fingerprint density at radius 2 is 0.737 bits per heavy atom. The van der Waals surface area contributed by atoms with Gasteiger partial charge in [0.05, 0.1) is 0 Å². The van der Waals surface area contributed by atoms with Crippen molar-refractivity contribution in [2.24, 2.45) is 0 Å². The van der Waals surface area contributed by atoms with Crippen molar-refractivity contribution in [2.75, 3.05) is 21.3 Å². The molecule has 0 aromatic carbocycles. The maximum absolute atomic E-state index is 10.4. The third-order valence-corrected chi connectivity index (χ3v) is 3.38. The van der Waals surface area contributed by atoms with Gasteiger partial charge in [0.25, 0.3) is 0 Å². The summed E-state index contributed by atoms with van der Waals surface area (Å²) in [5.74, 6) is -0.780. The molecule has 0 bridgehead atoms. The molecule has 0 aromatic heterocycles.